The predicted molar refractivity (Wildman–Crippen MR) is 87.0 cm³/mol. The Morgan fingerprint density at radius 1 is 1.36 bits per heavy atom. The molecule has 0 aliphatic rings. The van der Waals surface area contributed by atoms with Crippen LogP contribution in [0.5, 0.6) is 0 Å². The number of carbonyl (C=O) groups excluding carboxylic acids is 2. The van der Waals surface area contributed by atoms with Gasteiger partial charge in [0.15, 0.2) is 0 Å². The van der Waals surface area contributed by atoms with Crippen molar-refractivity contribution in [1.82, 2.24) is 10.3 Å². The second-order valence-corrected chi connectivity index (χ2v) is 4.11. The third-order valence-corrected chi connectivity index (χ3v) is 2.92. The van der Waals surface area contributed by atoms with Gasteiger partial charge in [-0.15, -0.1) is 0 Å². The molecule has 0 aliphatic carbocycles. The third kappa shape index (κ3) is 4.96. The molecule has 0 aliphatic heterocycles. The first-order chi connectivity index (χ1) is 10.6. The van der Waals surface area contributed by atoms with Crippen molar-refractivity contribution in [3.63, 3.8) is 0 Å². The number of benzene rings is 1. The maximum absolute atomic E-state index is 13.8. The molecule has 5 nitrogen and oxygen atoms in total. The third-order valence-electron chi connectivity index (χ3n) is 2.92. The van der Waals surface area contributed by atoms with E-state index in [0.29, 0.717) is 18.2 Å². The van der Waals surface area contributed by atoms with Crippen LogP contribution >= 0.6 is 0 Å². The van der Waals surface area contributed by atoms with Crippen LogP contribution in [0.15, 0.2) is 18.3 Å². The van der Waals surface area contributed by atoms with Gasteiger partial charge < -0.3 is 10.7 Å². The van der Waals surface area contributed by atoms with Gasteiger partial charge >= 0.3 is 0 Å². The molecule has 1 aromatic heterocycles. The van der Waals surface area contributed by atoms with Gasteiger partial charge in [0, 0.05) is 18.0 Å². The summed E-state index contributed by atoms with van der Waals surface area (Å²) < 4.78 is 13.8. The maximum atomic E-state index is 13.8. The van der Waals surface area contributed by atoms with Gasteiger partial charge in [-0.2, -0.15) is 0 Å². The molecule has 22 heavy (non-hydrogen) atoms. The van der Waals surface area contributed by atoms with Crippen LogP contribution in [-0.4, -0.2) is 24.3 Å². The van der Waals surface area contributed by atoms with Gasteiger partial charge in [0.05, 0.1) is 5.52 Å². The molecular weight excluding hydrogens is 285 g/mol. The number of nitrogens with two attached hydrogens (primary N) is 1. The van der Waals surface area contributed by atoms with Gasteiger partial charge in [-0.3, -0.25) is 14.9 Å². The molecule has 0 radical (unpaired) electrons. The van der Waals surface area contributed by atoms with Crippen LogP contribution in [0.25, 0.3) is 10.9 Å². The molecule has 0 spiro atoms. The van der Waals surface area contributed by atoms with Crippen molar-refractivity contribution in [2.75, 3.05) is 7.05 Å². The molecule has 0 bridgehead atoms. The van der Waals surface area contributed by atoms with E-state index in [1.165, 1.54) is 13.1 Å². The summed E-state index contributed by atoms with van der Waals surface area (Å²) in [6.45, 7) is 5.89. The Morgan fingerprint density at radius 2 is 2.00 bits per heavy atom. The molecule has 2 rings (SSSR count). The maximum Gasteiger partial charge on any atom is 0.226 e. The average molecular weight is 309 g/mol. The van der Waals surface area contributed by atoms with Crippen LogP contribution in [0.4, 0.5) is 4.39 Å². The van der Waals surface area contributed by atoms with Crippen LogP contribution in [0, 0.1) is 12.7 Å². The molecule has 1 heterocycles. The zero-order valence-electron chi connectivity index (χ0n) is 13.5. The van der Waals surface area contributed by atoms with Gasteiger partial charge in [-0.25, -0.2) is 4.39 Å². The molecular formula is C16H24FN3O2. The Bertz CT molecular complexity index is 609. The number of aromatic nitrogens is 1. The molecule has 122 valence electrons. The number of amides is 2. The van der Waals surface area contributed by atoms with E-state index >= 15 is 0 Å². The Kier molecular flexibility index (Phi) is 9.45. The molecule has 2 amide bonds. The van der Waals surface area contributed by atoms with E-state index in [-0.39, 0.29) is 18.1 Å². The Labute approximate surface area is 130 Å². The Balaban J connectivity index is 0.00000102. The van der Waals surface area contributed by atoms with Crippen LogP contribution in [0.3, 0.4) is 0 Å². The summed E-state index contributed by atoms with van der Waals surface area (Å²) in [5.74, 6) is -0.671. The number of halogens is 1. The number of imide groups is 1. The zero-order valence-corrected chi connectivity index (χ0v) is 13.5. The first kappa shape index (κ1) is 19.8. The number of fused-ring (bicyclic) bond motifs is 1. The Morgan fingerprint density at radius 3 is 2.59 bits per heavy atom. The lowest BCUT2D eigenvalue weighted by atomic mass is 10.1. The zero-order chi connectivity index (χ0) is 17.1. The number of rotatable bonds is 4. The van der Waals surface area contributed by atoms with Gasteiger partial charge in [-0.1, -0.05) is 19.9 Å². The molecule has 6 heteroatoms. The number of hydrogen-bond donors (Lipinski definition) is 3. The van der Waals surface area contributed by atoms with Crippen molar-refractivity contribution in [2.45, 2.75) is 33.6 Å². The smallest absolute Gasteiger partial charge is 0.226 e. The standard InChI is InChI=1S/C13H13FN2O2.C2H6.CH5N/c1-8-2-4-10(14)12-9(6-15-13(8)12)3-5-11(18)16-7-17;2*1-2/h2,4,6-7,15H,3,5H2,1H3,(H,16,17,18);1-2H3;2H2,1H3. The highest BCUT2D eigenvalue weighted by atomic mass is 19.1. The summed E-state index contributed by atoms with van der Waals surface area (Å²) in [7, 11) is 1.50. The fourth-order valence-electron chi connectivity index (χ4n) is 2.00. The van der Waals surface area contributed by atoms with Crippen molar-refractivity contribution in [2.24, 2.45) is 5.73 Å². The normalized spacial score (nSPS) is 9.18. The van der Waals surface area contributed by atoms with E-state index in [9.17, 15) is 14.0 Å². The molecule has 0 saturated carbocycles. The van der Waals surface area contributed by atoms with E-state index in [1.807, 2.05) is 20.8 Å². The molecule has 4 N–H and O–H groups in total. The number of H-pyrrole nitrogens is 1. The van der Waals surface area contributed by atoms with Crippen LogP contribution in [0.1, 0.15) is 31.4 Å². The first-order valence-corrected chi connectivity index (χ1v) is 7.19. The molecule has 0 atom stereocenters. The van der Waals surface area contributed by atoms with E-state index in [2.05, 4.69) is 16.0 Å². The van der Waals surface area contributed by atoms with Crippen molar-refractivity contribution in [3.05, 3.63) is 35.3 Å². The summed E-state index contributed by atoms with van der Waals surface area (Å²) in [6.07, 6.45) is 2.59. The van der Waals surface area contributed by atoms with Crippen LogP contribution < -0.4 is 11.1 Å². The first-order valence-electron chi connectivity index (χ1n) is 7.19. The highest BCUT2D eigenvalue weighted by molar-refractivity contribution is 5.88. The van der Waals surface area contributed by atoms with Crippen molar-refractivity contribution in [3.8, 4) is 0 Å². The highest BCUT2D eigenvalue weighted by Crippen LogP contribution is 2.25. The minimum absolute atomic E-state index is 0.152. The number of nitrogens with one attached hydrogen (secondary N) is 2. The van der Waals surface area contributed by atoms with Crippen molar-refractivity contribution >= 4 is 23.2 Å². The summed E-state index contributed by atoms with van der Waals surface area (Å²) in [6, 6.07) is 3.12. The summed E-state index contributed by atoms with van der Waals surface area (Å²) in [5.41, 5.74) is 6.95. The largest absolute Gasteiger partial charge is 0.361 e. The fraction of sp³-hybridized carbons (Fsp3) is 0.375. The molecule has 1 aromatic carbocycles. The number of carbonyl (C=O) groups is 2. The quantitative estimate of drug-likeness (QED) is 0.758. The lowest BCUT2D eigenvalue weighted by Crippen LogP contribution is -2.21. The second-order valence-electron chi connectivity index (χ2n) is 4.11. The van der Waals surface area contributed by atoms with Gasteiger partial charge in [0.25, 0.3) is 0 Å². The molecule has 0 fully saturated rings. The SMILES string of the molecule is CC.CN.Cc1ccc(F)c2c(CCC(=O)NC=O)c[nH]c12. The summed E-state index contributed by atoms with van der Waals surface area (Å²) in [5, 5.41) is 2.58. The van der Waals surface area contributed by atoms with Crippen LogP contribution in [0.2, 0.25) is 0 Å². The topological polar surface area (TPSA) is 88.0 Å². The molecule has 0 unspecified atom stereocenters. The number of hydrogen-bond acceptors (Lipinski definition) is 3. The van der Waals surface area contributed by atoms with E-state index in [0.717, 1.165) is 16.6 Å². The minimum Gasteiger partial charge on any atom is -0.361 e. The minimum atomic E-state index is -0.368. The fourth-order valence-corrected chi connectivity index (χ4v) is 2.00. The van der Waals surface area contributed by atoms with Crippen molar-refractivity contribution in [1.29, 1.82) is 0 Å². The van der Waals surface area contributed by atoms with Gasteiger partial charge in [0.1, 0.15) is 5.82 Å². The molecule has 0 saturated heterocycles. The Hall–Kier alpha value is -2.21. The predicted octanol–water partition coefficient (Wildman–Crippen LogP) is 2.42. The molecule has 2 aromatic rings. The monoisotopic (exact) mass is 309 g/mol. The van der Waals surface area contributed by atoms with Crippen LogP contribution in [-0.2, 0) is 16.0 Å². The van der Waals surface area contributed by atoms with E-state index in [1.54, 1.807) is 12.3 Å². The average Bonchev–Trinajstić information content (AvgIpc) is 2.98. The van der Waals surface area contributed by atoms with Gasteiger partial charge in [0.2, 0.25) is 12.3 Å². The second kappa shape index (κ2) is 10.5. The van der Waals surface area contributed by atoms with E-state index in [4.69, 9.17) is 0 Å². The van der Waals surface area contributed by atoms with Gasteiger partial charge in [-0.05, 0) is 37.6 Å². The number of aromatic amines is 1. The summed E-state index contributed by atoms with van der Waals surface area (Å²) in [4.78, 5) is 24.3. The summed E-state index contributed by atoms with van der Waals surface area (Å²) >= 11 is 0. The highest BCUT2D eigenvalue weighted by Gasteiger charge is 2.11. The number of aryl methyl sites for hydroxylation is 2. The van der Waals surface area contributed by atoms with Crippen molar-refractivity contribution < 1.29 is 14.0 Å². The van der Waals surface area contributed by atoms with E-state index < -0.39 is 0 Å². The lowest BCUT2D eigenvalue weighted by Gasteiger charge is -2.01. The lowest BCUT2D eigenvalue weighted by molar-refractivity contribution is -0.125.